The van der Waals surface area contributed by atoms with E-state index >= 15 is 0 Å². The van der Waals surface area contributed by atoms with Crippen molar-refractivity contribution in [1.82, 2.24) is 15.2 Å². The number of benzene rings is 1. The number of urea groups is 1. The van der Waals surface area contributed by atoms with Gasteiger partial charge in [-0.3, -0.25) is 9.78 Å². The maximum absolute atomic E-state index is 12.6. The van der Waals surface area contributed by atoms with Gasteiger partial charge in [0, 0.05) is 36.7 Å². The number of nitrogens with zero attached hydrogens (tertiary/aromatic N) is 2. The molecule has 7 heteroatoms. The molecule has 0 saturated carbocycles. The van der Waals surface area contributed by atoms with Crippen LogP contribution in [0.2, 0.25) is 0 Å². The van der Waals surface area contributed by atoms with Gasteiger partial charge in [-0.1, -0.05) is 6.07 Å². The van der Waals surface area contributed by atoms with Crippen LogP contribution in [0.25, 0.3) is 0 Å². The van der Waals surface area contributed by atoms with Crippen LogP contribution in [0, 0.1) is 0 Å². The average Bonchev–Trinajstić information content (AvgIpc) is 2.85. The number of anilines is 1. The number of pyridine rings is 1. The smallest absolute Gasteiger partial charge is 0.319 e. The minimum absolute atomic E-state index is 0.0246. The summed E-state index contributed by atoms with van der Waals surface area (Å²) in [6, 6.07) is 8.92. The van der Waals surface area contributed by atoms with E-state index in [1.807, 2.05) is 31.2 Å². The first-order valence-corrected chi connectivity index (χ1v) is 8.63. The zero-order valence-corrected chi connectivity index (χ0v) is 14.7. The topological polar surface area (TPSA) is 83.6 Å². The van der Waals surface area contributed by atoms with E-state index in [2.05, 4.69) is 15.6 Å². The maximum Gasteiger partial charge on any atom is 0.319 e. The number of carbonyl (C=O) groups is 2. The zero-order valence-electron chi connectivity index (χ0n) is 14.7. The molecule has 136 valence electrons. The van der Waals surface area contributed by atoms with E-state index in [1.54, 1.807) is 23.4 Å². The van der Waals surface area contributed by atoms with E-state index in [4.69, 9.17) is 4.74 Å². The van der Waals surface area contributed by atoms with Crippen LogP contribution in [0.5, 0.6) is 5.75 Å². The number of fused-ring (bicyclic) bond motifs is 1. The van der Waals surface area contributed by atoms with Crippen molar-refractivity contribution in [3.63, 3.8) is 0 Å². The van der Waals surface area contributed by atoms with Gasteiger partial charge in [0.1, 0.15) is 12.4 Å². The molecule has 3 rings (SSSR count). The van der Waals surface area contributed by atoms with Crippen molar-refractivity contribution in [1.29, 1.82) is 0 Å². The SMILES string of the molecule is CCNC(=O)Nc1ccc2c(c1)CN(C(=O)Cc1cccnc1)CCO2. The van der Waals surface area contributed by atoms with E-state index in [9.17, 15) is 9.59 Å². The van der Waals surface area contributed by atoms with Gasteiger partial charge in [-0.05, 0) is 36.8 Å². The molecule has 1 aromatic carbocycles. The number of hydrogen-bond acceptors (Lipinski definition) is 4. The van der Waals surface area contributed by atoms with E-state index in [-0.39, 0.29) is 11.9 Å². The van der Waals surface area contributed by atoms with Gasteiger partial charge in [0.25, 0.3) is 0 Å². The normalized spacial score (nSPS) is 13.2. The predicted octanol–water partition coefficient (Wildman–Crippen LogP) is 2.19. The second kappa shape index (κ2) is 8.33. The first-order chi connectivity index (χ1) is 12.7. The van der Waals surface area contributed by atoms with E-state index in [1.165, 1.54) is 0 Å². The number of carbonyl (C=O) groups excluding carboxylic acids is 2. The second-order valence-electron chi connectivity index (χ2n) is 6.01. The summed E-state index contributed by atoms with van der Waals surface area (Å²) >= 11 is 0. The Morgan fingerprint density at radius 2 is 2.19 bits per heavy atom. The lowest BCUT2D eigenvalue weighted by atomic mass is 10.1. The molecule has 0 spiro atoms. The minimum atomic E-state index is -0.258. The second-order valence-corrected chi connectivity index (χ2v) is 6.01. The molecular formula is C19H22N4O3. The van der Waals surface area contributed by atoms with E-state index in [0.717, 1.165) is 16.9 Å². The summed E-state index contributed by atoms with van der Waals surface area (Å²) in [7, 11) is 0. The first kappa shape index (κ1) is 17.7. The van der Waals surface area contributed by atoms with Gasteiger partial charge in [-0.25, -0.2) is 4.79 Å². The lowest BCUT2D eigenvalue weighted by molar-refractivity contribution is -0.131. The molecule has 1 aliphatic heterocycles. The van der Waals surface area contributed by atoms with Crippen LogP contribution in [-0.2, 0) is 17.8 Å². The number of ether oxygens (including phenoxy) is 1. The number of rotatable bonds is 4. The fourth-order valence-electron chi connectivity index (χ4n) is 2.81. The molecule has 0 unspecified atom stereocenters. The molecule has 26 heavy (non-hydrogen) atoms. The third-order valence-electron chi connectivity index (χ3n) is 4.07. The molecule has 0 saturated heterocycles. The molecule has 0 bridgehead atoms. The molecule has 2 N–H and O–H groups in total. The summed E-state index contributed by atoms with van der Waals surface area (Å²) in [5.74, 6) is 0.764. The number of aromatic nitrogens is 1. The molecule has 2 aromatic rings. The molecule has 0 aliphatic carbocycles. The van der Waals surface area contributed by atoms with Crippen LogP contribution >= 0.6 is 0 Å². The van der Waals surface area contributed by atoms with Crippen LogP contribution in [0.15, 0.2) is 42.7 Å². The van der Waals surface area contributed by atoms with Crippen molar-refractivity contribution in [3.05, 3.63) is 53.9 Å². The molecule has 1 aliphatic rings. The van der Waals surface area contributed by atoms with Gasteiger partial charge in [-0.2, -0.15) is 0 Å². The van der Waals surface area contributed by atoms with E-state index < -0.39 is 0 Å². The van der Waals surface area contributed by atoms with Gasteiger partial charge >= 0.3 is 6.03 Å². The molecule has 0 atom stereocenters. The Morgan fingerprint density at radius 1 is 1.31 bits per heavy atom. The fraction of sp³-hybridized carbons (Fsp3) is 0.316. The summed E-state index contributed by atoms with van der Waals surface area (Å²) in [4.78, 5) is 30.2. The van der Waals surface area contributed by atoms with Crippen molar-refractivity contribution in [3.8, 4) is 5.75 Å². The maximum atomic E-state index is 12.6. The highest BCUT2D eigenvalue weighted by Gasteiger charge is 2.20. The number of amides is 3. The summed E-state index contributed by atoms with van der Waals surface area (Å²) in [6.07, 6.45) is 3.70. The highest BCUT2D eigenvalue weighted by atomic mass is 16.5. The average molecular weight is 354 g/mol. The fourth-order valence-corrected chi connectivity index (χ4v) is 2.81. The van der Waals surface area contributed by atoms with Gasteiger partial charge in [0.05, 0.1) is 13.0 Å². The highest BCUT2D eigenvalue weighted by Crippen LogP contribution is 2.26. The van der Waals surface area contributed by atoms with Crippen LogP contribution < -0.4 is 15.4 Å². The van der Waals surface area contributed by atoms with Gasteiger partial charge in [-0.15, -0.1) is 0 Å². The summed E-state index contributed by atoms with van der Waals surface area (Å²) < 4.78 is 5.75. The van der Waals surface area contributed by atoms with Gasteiger partial charge in [0.2, 0.25) is 5.91 Å². The first-order valence-electron chi connectivity index (χ1n) is 8.63. The van der Waals surface area contributed by atoms with Crippen LogP contribution in [0.3, 0.4) is 0 Å². The van der Waals surface area contributed by atoms with Gasteiger partial charge < -0.3 is 20.3 Å². The molecule has 7 nitrogen and oxygen atoms in total. The molecule has 0 radical (unpaired) electrons. The Morgan fingerprint density at radius 3 is 2.96 bits per heavy atom. The number of hydrogen-bond donors (Lipinski definition) is 2. The van der Waals surface area contributed by atoms with Crippen molar-refractivity contribution in [2.75, 3.05) is 25.0 Å². The Kier molecular flexibility index (Phi) is 5.68. The van der Waals surface area contributed by atoms with Crippen molar-refractivity contribution in [2.45, 2.75) is 19.9 Å². The zero-order chi connectivity index (χ0) is 18.4. The largest absolute Gasteiger partial charge is 0.491 e. The molecule has 2 heterocycles. The van der Waals surface area contributed by atoms with Crippen LogP contribution in [-0.4, -0.2) is 41.5 Å². The Hall–Kier alpha value is -3.09. The Labute approximate surface area is 152 Å². The number of nitrogens with one attached hydrogen (secondary N) is 2. The van der Waals surface area contributed by atoms with Crippen LogP contribution in [0.1, 0.15) is 18.1 Å². The van der Waals surface area contributed by atoms with E-state index in [0.29, 0.717) is 38.3 Å². The lowest BCUT2D eigenvalue weighted by Crippen LogP contribution is -2.33. The summed E-state index contributed by atoms with van der Waals surface area (Å²) in [6.45, 7) is 3.81. The molecular weight excluding hydrogens is 332 g/mol. The molecule has 3 amide bonds. The molecule has 0 fully saturated rings. The third-order valence-corrected chi connectivity index (χ3v) is 4.07. The highest BCUT2D eigenvalue weighted by molar-refractivity contribution is 5.89. The lowest BCUT2D eigenvalue weighted by Gasteiger charge is -2.20. The molecule has 1 aromatic heterocycles. The van der Waals surface area contributed by atoms with Crippen molar-refractivity contribution < 1.29 is 14.3 Å². The summed E-state index contributed by atoms with van der Waals surface area (Å²) in [5, 5.41) is 5.47. The monoisotopic (exact) mass is 354 g/mol. The van der Waals surface area contributed by atoms with Gasteiger partial charge in [0.15, 0.2) is 0 Å². The standard InChI is InChI=1S/C19H22N4O3/c1-2-21-19(25)22-16-5-6-17-15(11-16)13-23(8-9-26-17)18(24)10-14-4-3-7-20-12-14/h3-7,11-12H,2,8-10,13H2,1H3,(H2,21,22,25). The van der Waals surface area contributed by atoms with Crippen molar-refractivity contribution >= 4 is 17.6 Å². The van der Waals surface area contributed by atoms with Crippen LogP contribution in [0.4, 0.5) is 10.5 Å². The quantitative estimate of drug-likeness (QED) is 0.882. The Balaban J connectivity index is 1.71. The predicted molar refractivity (Wildman–Crippen MR) is 98.0 cm³/mol. The minimum Gasteiger partial charge on any atom is -0.491 e. The third kappa shape index (κ3) is 4.50. The summed E-state index contributed by atoms with van der Waals surface area (Å²) in [5.41, 5.74) is 2.42. The van der Waals surface area contributed by atoms with Crippen molar-refractivity contribution in [2.24, 2.45) is 0 Å². The Bertz CT molecular complexity index is 780.